The lowest BCUT2D eigenvalue weighted by Crippen LogP contribution is -2.17. The van der Waals surface area contributed by atoms with E-state index in [0.29, 0.717) is 5.88 Å². The van der Waals surface area contributed by atoms with Gasteiger partial charge in [0.05, 0.1) is 3.57 Å². The van der Waals surface area contributed by atoms with Crippen molar-refractivity contribution >= 4 is 28.4 Å². The Kier molecular flexibility index (Phi) is 4.47. The first-order chi connectivity index (χ1) is 9.40. The molecule has 5 heteroatoms. The highest BCUT2D eigenvalue weighted by Gasteiger charge is 2.19. The van der Waals surface area contributed by atoms with Crippen molar-refractivity contribution in [2.75, 3.05) is 12.4 Å². The van der Waals surface area contributed by atoms with E-state index in [-0.39, 0.29) is 5.41 Å². The van der Waals surface area contributed by atoms with E-state index in [0.717, 1.165) is 21.0 Å². The summed E-state index contributed by atoms with van der Waals surface area (Å²) in [5.41, 5.74) is -0.130. The average Bonchev–Trinajstić information content (AvgIpc) is 2.40. The Morgan fingerprint density at radius 1 is 1.15 bits per heavy atom. The first kappa shape index (κ1) is 15.0. The number of rotatable bonds is 3. The van der Waals surface area contributed by atoms with Crippen LogP contribution in [0.4, 0.5) is 5.82 Å². The maximum absolute atomic E-state index is 5.89. The first-order valence-corrected chi connectivity index (χ1v) is 7.48. The standard InChI is InChI=1S/C15H18IN3O/c1-15(2,3)14-18-12(17-4)9-13(19-14)20-11-8-6-5-7-10(11)16/h5-9H,1-4H3,(H,17,18,19). The van der Waals surface area contributed by atoms with Gasteiger partial charge >= 0.3 is 0 Å². The number of nitrogens with zero attached hydrogens (tertiary/aromatic N) is 2. The number of benzene rings is 1. The first-order valence-electron chi connectivity index (χ1n) is 6.40. The Morgan fingerprint density at radius 3 is 2.45 bits per heavy atom. The zero-order chi connectivity index (χ0) is 14.8. The topological polar surface area (TPSA) is 47.0 Å². The van der Waals surface area contributed by atoms with E-state index in [2.05, 4.69) is 58.6 Å². The Balaban J connectivity index is 2.39. The van der Waals surface area contributed by atoms with Crippen molar-refractivity contribution < 1.29 is 4.74 Å². The summed E-state index contributed by atoms with van der Waals surface area (Å²) in [5, 5.41) is 3.05. The number of halogens is 1. The van der Waals surface area contributed by atoms with Crippen molar-refractivity contribution in [1.29, 1.82) is 0 Å². The maximum Gasteiger partial charge on any atom is 0.224 e. The number of para-hydroxylation sites is 1. The third-order valence-corrected chi connectivity index (χ3v) is 3.57. The van der Waals surface area contributed by atoms with Crippen LogP contribution in [0.5, 0.6) is 11.6 Å². The van der Waals surface area contributed by atoms with E-state index in [4.69, 9.17) is 4.74 Å². The van der Waals surface area contributed by atoms with Gasteiger partial charge in [-0.2, -0.15) is 4.98 Å². The fourth-order valence-electron chi connectivity index (χ4n) is 1.58. The molecule has 2 rings (SSSR count). The molecule has 0 saturated heterocycles. The average molecular weight is 383 g/mol. The summed E-state index contributed by atoms with van der Waals surface area (Å²) in [6.45, 7) is 6.24. The molecule has 0 spiro atoms. The van der Waals surface area contributed by atoms with E-state index in [1.54, 1.807) is 6.07 Å². The van der Waals surface area contributed by atoms with Crippen LogP contribution in [0.15, 0.2) is 30.3 Å². The van der Waals surface area contributed by atoms with Gasteiger partial charge in [0.15, 0.2) is 0 Å². The molecule has 1 N–H and O–H groups in total. The Morgan fingerprint density at radius 2 is 1.85 bits per heavy atom. The van der Waals surface area contributed by atoms with Crippen molar-refractivity contribution in [3.8, 4) is 11.6 Å². The summed E-state index contributed by atoms with van der Waals surface area (Å²) < 4.78 is 6.94. The van der Waals surface area contributed by atoms with Gasteiger partial charge in [0, 0.05) is 18.5 Å². The minimum Gasteiger partial charge on any atom is -0.438 e. The smallest absolute Gasteiger partial charge is 0.224 e. The summed E-state index contributed by atoms with van der Waals surface area (Å²) in [7, 11) is 1.84. The molecule has 4 nitrogen and oxygen atoms in total. The molecule has 106 valence electrons. The SMILES string of the molecule is CNc1cc(Oc2ccccc2I)nc(C(C)(C)C)n1. The monoisotopic (exact) mass is 383 g/mol. The van der Waals surface area contributed by atoms with Gasteiger partial charge in [-0.05, 0) is 34.7 Å². The van der Waals surface area contributed by atoms with Crippen LogP contribution in [0.2, 0.25) is 0 Å². The lowest BCUT2D eigenvalue weighted by atomic mass is 9.96. The minimum atomic E-state index is -0.130. The number of nitrogens with one attached hydrogen (secondary N) is 1. The molecule has 0 aliphatic heterocycles. The molecule has 0 saturated carbocycles. The third kappa shape index (κ3) is 3.59. The van der Waals surface area contributed by atoms with Crippen LogP contribution in [-0.2, 0) is 5.41 Å². The fraction of sp³-hybridized carbons (Fsp3) is 0.333. The van der Waals surface area contributed by atoms with Crippen molar-refractivity contribution in [1.82, 2.24) is 9.97 Å². The molecule has 0 aliphatic carbocycles. The second kappa shape index (κ2) is 5.95. The van der Waals surface area contributed by atoms with Crippen LogP contribution in [0, 0.1) is 3.57 Å². The van der Waals surface area contributed by atoms with Crippen molar-refractivity contribution in [2.24, 2.45) is 0 Å². The van der Waals surface area contributed by atoms with Gasteiger partial charge in [-0.1, -0.05) is 32.9 Å². The summed E-state index contributed by atoms with van der Waals surface area (Å²) in [6.07, 6.45) is 0. The lowest BCUT2D eigenvalue weighted by Gasteiger charge is -2.18. The highest BCUT2D eigenvalue weighted by Crippen LogP contribution is 2.28. The molecule has 1 heterocycles. The second-order valence-electron chi connectivity index (χ2n) is 5.45. The molecular formula is C15H18IN3O. The summed E-state index contributed by atoms with van der Waals surface area (Å²) >= 11 is 2.25. The van der Waals surface area contributed by atoms with E-state index >= 15 is 0 Å². The number of ether oxygens (including phenoxy) is 1. The van der Waals surface area contributed by atoms with Gasteiger partial charge in [-0.15, -0.1) is 0 Å². The molecular weight excluding hydrogens is 365 g/mol. The quantitative estimate of drug-likeness (QED) is 0.807. The number of aromatic nitrogens is 2. The Labute approximate surface area is 133 Å². The van der Waals surface area contributed by atoms with Crippen LogP contribution >= 0.6 is 22.6 Å². The zero-order valence-corrected chi connectivity index (χ0v) is 14.2. The molecule has 0 atom stereocenters. The van der Waals surface area contributed by atoms with E-state index in [1.807, 2.05) is 31.3 Å². The predicted octanol–water partition coefficient (Wildman–Crippen LogP) is 4.21. The van der Waals surface area contributed by atoms with Crippen LogP contribution in [0.25, 0.3) is 0 Å². The molecule has 0 bridgehead atoms. The highest BCUT2D eigenvalue weighted by atomic mass is 127. The van der Waals surface area contributed by atoms with E-state index in [1.165, 1.54) is 0 Å². The van der Waals surface area contributed by atoms with E-state index in [9.17, 15) is 0 Å². The summed E-state index contributed by atoms with van der Waals surface area (Å²) in [5.74, 6) is 2.86. The molecule has 0 amide bonds. The fourth-order valence-corrected chi connectivity index (χ4v) is 2.08. The number of hydrogen-bond acceptors (Lipinski definition) is 4. The largest absolute Gasteiger partial charge is 0.438 e. The van der Waals surface area contributed by atoms with Crippen molar-refractivity contribution in [3.05, 3.63) is 39.7 Å². The maximum atomic E-state index is 5.89. The van der Waals surface area contributed by atoms with Crippen molar-refractivity contribution in [3.63, 3.8) is 0 Å². The van der Waals surface area contributed by atoms with Gasteiger partial charge in [-0.25, -0.2) is 4.98 Å². The summed E-state index contributed by atoms with van der Waals surface area (Å²) in [6, 6.07) is 9.66. The summed E-state index contributed by atoms with van der Waals surface area (Å²) in [4.78, 5) is 9.00. The second-order valence-corrected chi connectivity index (χ2v) is 6.61. The lowest BCUT2D eigenvalue weighted by molar-refractivity contribution is 0.444. The molecule has 1 aromatic heterocycles. The third-order valence-electron chi connectivity index (χ3n) is 2.68. The van der Waals surface area contributed by atoms with Crippen molar-refractivity contribution in [2.45, 2.75) is 26.2 Å². The molecule has 0 aliphatic rings. The number of anilines is 1. The molecule has 0 unspecified atom stereocenters. The zero-order valence-electron chi connectivity index (χ0n) is 12.1. The van der Waals surface area contributed by atoms with Gasteiger partial charge < -0.3 is 10.1 Å². The van der Waals surface area contributed by atoms with E-state index < -0.39 is 0 Å². The highest BCUT2D eigenvalue weighted by molar-refractivity contribution is 14.1. The molecule has 0 radical (unpaired) electrons. The van der Waals surface area contributed by atoms with Gasteiger partial charge in [0.25, 0.3) is 0 Å². The molecule has 0 fully saturated rings. The van der Waals surface area contributed by atoms with Gasteiger partial charge in [0.2, 0.25) is 5.88 Å². The minimum absolute atomic E-state index is 0.130. The van der Waals surface area contributed by atoms with Gasteiger partial charge in [-0.3, -0.25) is 0 Å². The normalized spacial score (nSPS) is 11.2. The predicted molar refractivity (Wildman–Crippen MR) is 89.5 cm³/mol. The number of hydrogen-bond donors (Lipinski definition) is 1. The van der Waals surface area contributed by atoms with Crippen LogP contribution in [0.3, 0.4) is 0 Å². The van der Waals surface area contributed by atoms with Crippen LogP contribution < -0.4 is 10.1 Å². The molecule has 1 aromatic carbocycles. The Bertz CT molecular complexity index is 608. The molecule has 2 aromatic rings. The molecule has 20 heavy (non-hydrogen) atoms. The van der Waals surface area contributed by atoms with Crippen LogP contribution in [-0.4, -0.2) is 17.0 Å². The van der Waals surface area contributed by atoms with Gasteiger partial charge in [0.1, 0.15) is 17.4 Å². The Hall–Kier alpha value is -1.37. The van der Waals surface area contributed by atoms with Crippen LogP contribution in [0.1, 0.15) is 26.6 Å².